The smallest absolute Gasteiger partial charge is 0.244 e. The molecule has 0 aromatic rings. The number of piperidine rings is 1. The molecule has 0 radical (unpaired) electrons. The van der Waals surface area contributed by atoms with Gasteiger partial charge >= 0.3 is 0 Å². The summed E-state index contributed by atoms with van der Waals surface area (Å²) in [4.78, 5) is 25.8. The predicted octanol–water partition coefficient (Wildman–Crippen LogP) is -0.898. The highest BCUT2D eigenvalue weighted by Gasteiger charge is 2.35. The van der Waals surface area contributed by atoms with Crippen molar-refractivity contribution in [2.45, 2.75) is 31.3 Å². The van der Waals surface area contributed by atoms with E-state index < -0.39 is 6.04 Å². The van der Waals surface area contributed by atoms with Crippen LogP contribution in [-0.4, -0.2) is 62.1 Å². The van der Waals surface area contributed by atoms with Gasteiger partial charge in [-0.2, -0.15) is 0 Å². The van der Waals surface area contributed by atoms with Gasteiger partial charge in [-0.15, -0.1) is 0 Å². The van der Waals surface area contributed by atoms with E-state index in [0.29, 0.717) is 13.2 Å². The van der Waals surface area contributed by atoms with Gasteiger partial charge < -0.3 is 20.3 Å². The first-order chi connectivity index (χ1) is 8.74. The fraction of sp³-hybridized carbons (Fsp3) is 0.833. The average molecular weight is 255 g/mol. The molecule has 2 saturated heterocycles. The molecule has 2 heterocycles. The SMILES string of the molecule is CNC(=O)C1COCCN1C(=O)[C@@H]1CCCCN1. The Balaban J connectivity index is 2.03. The first-order valence-electron chi connectivity index (χ1n) is 6.57. The van der Waals surface area contributed by atoms with Crippen LogP contribution in [0, 0.1) is 0 Å². The maximum Gasteiger partial charge on any atom is 0.244 e. The Morgan fingerprint density at radius 2 is 2.22 bits per heavy atom. The summed E-state index contributed by atoms with van der Waals surface area (Å²) in [5, 5.41) is 5.82. The van der Waals surface area contributed by atoms with Crippen molar-refractivity contribution in [2.24, 2.45) is 0 Å². The second-order valence-electron chi connectivity index (χ2n) is 4.74. The Labute approximate surface area is 107 Å². The molecule has 0 spiro atoms. The topological polar surface area (TPSA) is 70.7 Å². The first kappa shape index (κ1) is 13.3. The van der Waals surface area contributed by atoms with Crippen LogP contribution < -0.4 is 10.6 Å². The van der Waals surface area contributed by atoms with Crippen molar-refractivity contribution in [1.82, 2.24) is 15.5 Å². The second kappa shape index (κ2) is 6.15. The van der Waals surface area contributed by atoms with Crippen LogP contribution in [0.15, 0.2) is 0 Å². The molecule has 102 valence electrons. The third kappa shape index (κ3) is 2.81. The highest BCUT2D eigenvalue weighted by Crippen LogP contribution is 2.14. The van der Waals surface area contributed by atoms with Gasteiger partial charge in [-0.3, -0.25) is 9.59 Å². The van der Waals surface area contributed by atoms with Crippen LogP contribution in [-0.2, 0) is 14.3 Å². The molecule has 0 aliphatic carbocycles. The molecule has 2 aliphatic rings. The molecule has 0 aromatic heterocycles. The molecule has 0 bridgehead atoms. The summed E-state index contributed by atoms with van der Waals surface area (Å²) < 4.78 is 5.30. The summed E-state index contributed by atoms with van der Waals surface area (Å²) in [7, 11) is 1.58. The van der Waals surface area contributed by atoms with Crippen LogP contribution in [0.25, 0.3) is 0 Å². The third-order valence-corrected chi connectivity index (χ3v) is 3.57. The molecule has 0 aromatic carbocycles. The van der Waals surface area contributed by atoms with Crippen molar-refractivity contribution in [3.05, 3.63) is 0 Å². The number of amides is 2. The number of ether oxygens (including phenoxy) is 1. The average Bonchev–Trinajstić information content (AvgIpc) is 2.46. The van der Waals surface area contributed by atoms with Gasteiger partial charge in [0.1, 0.15) is 6.04 Å². The molecule has 18 heavy (non-hydrogen) atoms. The third-order valence-electron chi connectivity index (χ3n) is 3.57. The van der Waals surface area contributed by atoms with E-state index in [2.05, 4.69) is 10.6 Å². The number of likely N-dealkylation sites (N-methyl/N-ethyl adjacent to an activating group) is 1. The van der Waals surface area contributed by atoms with E-state index in [0.717, 1.165) is 25.8 Å². The monoisotopic (exact) mass is 255 g/mol. The highest BCUT2D eigenvalue weighted by atomic mass is 16.5. The lowest BCUT2D eigenvalue weighted by Gasteiger charge is -2.37. The molecule has 2 rings (SSSR count). The normalized spacial score (nSPS) is 28.8. The van der Waals surface area contributed by atoms with Crippen molar-refractivity contribution in [3.8, 4) is 0 Å². The van der Waals surface area contributed by atoms with E-state index in [9.17, 15) is 9.59 Å². The summed E-state index contributed by atoms with van der Waals surface area (Å²) >= 11 is 0. The first-order valence-corrected chi connectivity index (χ1v) is 6.57. The van der Waals surface area contributed by atoms with Gasteiger partial charge in [-0.05, 0) is 19.4 Å². The number of rotatable bonds is 2. The Morgan fingerprint density at radius 1 is 1.39 bits per heavy atom. The van der Waals surface area contributed by atoms with Crippen LogP contribution in [0.3, 0.4) is 0 Å². The Bertz CT molecular complexity index is 316. The minimum absolute atomic E-state index is 0.0339. The molecular weight excluding hydrogens is 234 g/mol. The molecule has 0 saturated carbocycles. The Hall–Kier alpha value is -1.14. The van der Waals surface area contributed by atoms with Crippen LogP contribution in [0.5, 0.6) is 0 Å². The zero-order valence-electron chi connectivity index (χ0n) is 10.8. The second-order valence-corrected chi connectivity index (χ2v) is 4.74. The summed E-state index contributed by atoms with van der Waals surface area (Å²) in [6.45, 7) is 2.17. The number of morpholine rings is 1. The number of carbonyl (C=O) groups excluding carboxylic acids is 2. The lowest BCUT2D eigenvalue weighted by molar-refractivity contribution is -0.150. The van der Waals surface area contributed by atoms with Gasteiger partial charge in [0.15, 0.2) is 0 Å². The van der Waals surface area contributed by atoms with E-state index in [1.54, 1.807) is 11.9 Å². The molecular formula is C12H21N3O3. The van der Waals surface area contributed by atoms with Gasteiger partial charge in [0, 0.05) is 13.6 Å². The Kier molecular flexibility index (Phi) is 4.54. The van der Waals surface area contributed by atoms with E-state index in [-0.39, 0.29) is 24.5 Å². The number of nitrogens with one attached hydrogen (secondary N) is 2. The van der Waals surface area contributed by atoms with E-state index in [1.807, 2.05) is 0 Å². The van der Waals surface area contributed by atoms with Crippen LogP contribution in [0.2, 0.25) is 0 Å². The molecule has 2 atom stereocenters. The molecule has 6 nitrogen and oxygen atoms in total. The fourth-order valence-electron chi connectivity index (χ4n) is 2.51. The Morgan fingerprint density at radius 3 is 2.89 bits per heavy atom. The van der Waals surface area contributed by atoms with Gasteiger partial charge in [0.25, 0.3) is 0 Å². The fourth-order valence-corrected chi connectivity index (χ4v) is 2.51. The zero-order valence-corrected chi connectivity index (χ0v) is 10.8. The van der Waals surface area contributed by atoms with Gasteiger partial charge in [-0.1, -0.05) is 6.42 Å². The van der Waals surface area contributed by atoms with Gasteiger partial charge in [-0.25, -0.2) is 0 Å². The molecule has 2 amide bonds. The van der Waals surface area contributed by atoms with Gasteiger partial charge in [0.05, 0.1) is 19.3 Å². The van der Waals surface area contributed by atoms with Gasteiger partial charge in [0.2, 0.25) is 11.8 Å². The van der Waals surface area contributed by atoms with Crippen LogP contribution in [0.4, 0.5) is 0 Å². The number of nitrogens with zero attached hydrogens (tertiary/aromatic N) is 1. The van der Waals surface area contributed by atoms with E-state index in [1.165, 1.54) is 0 Å². The van der Waals surface area contributed by atoms with Crippen molar-refractivity contribution in [1.29, 1.82) is 0 Å². The maximum atomic E-state index is 12.4. The van der Waals surface area contributed by atoms with Crippen molar-refractivity contribution < 1.29 is 14.3 Å². The predicted molar refractivity (Wildman–Crippen MR) is 66.0 cm³/mol. The van der Waals surface area contributed by atoms with Crippen molar-refractivity contribution in [2.75, 3.05) is 33.4 Å². The number of hydrogen-bond acceptors (Lipinski definition) is 4. The maximum absolute atomic E-state index is 12.4. The zero-order chi connectivity index (χ0) is 13.0. The van der Waals surface area contributed by atoms with Crippen molar-refractivity contribution >= 4 is 11.8 Å². The quantitative estimate of drug-likeness (QED) is 0.671. The standard InChI is InChI=1S/C12H21N3O3/c1-13-11(16)10-8-18-7-6-15(10)12(17)9-4-2-3-5-14-9/h9-10,14H,2-8H2,1H3,(H,13,16)/t9-,10?/m0/s1. The van der Waals surface area contributed by atoms with Crippen molar-refractivity contribution in [3.63, 3.8) is 0 Å². The molecule has 1 unspecified atom stereocenters. The molecule has 2 aliphatic heterocycles. The van der Waals surface area contributed by atoms with E-state index >= 15 is 0 Å². The lowest BCUT2D eigenvalue weighted by Crippen LogP contribution is -2.60. The summed E-state index contributed by atoms with van der Waals surface area (Å²) in [6, 6.07) is -0.621. The van der Waals surface area contributed by atoms with Crippen LogP contribution >= 0.6 is 0 Å². The summed E-state index contributed by atoms with van der Waals surface area (Å²) in [5.41, 5.74) is 0. The highest BCUT2D eigenvalue weighted by molar-refractivity contribution is 5.90. The summed E-state index contributed by atoms with van der Waals surface area (Å²) in [5.74, 6) is -0.120. The largest absolute Gasteiger partial charge is 0.377 e. The summed E-state index contributed by atoms with van der Waals surface area (Å²) in [6.07, 6.45) is 3.04. The minimum atomic E-state index is -0.486. The van der Waals surface area contributed by atoms with E-state index in [4.69, 9.17) is 4.74 Å². The minimum Gasteiger partial charge on any atom is -0.377 e. The molecule has 2 fully saturated rings. The lowest BCUT2D eigenvalue weighted by atomic mass is 10.0. The van der Waals surface area contributed by atoms with Crippen LogP contribution in [0.1, 0.15) is 19.3 Å². The number of carbonyl (C=O) groups is 2. The number of hydrogen-bond donors (Lipinski definition) is 2. The molecule has 6 heteroatoms. The molecule has 2 N–H and O–H groups in total.